The molecule has 2 heteroatoms. The van der Waals surface area contributed by atoms with Crippen LogP contribution in [0.3, 0.4) is 0 Å². The molecule has 4 rings (SSSR count). The molecule has 0 bridgehead atoms. The summed E-state index contributed by atoms with van der Waals surface area (Å²) in [5, 5.41) is 0. The molecule has 1 fully saturated rings. The lowest BCUT2D eigenvalue weighted by Crippen LogP contribution is -2.26. The molecule has 0 aliphatic heterocycles. The second-order valence-electron chi connectivity index (χ2n) is 8.53. The first-order valence-corrected chi connectivity index (χ1v) is 10.7. The van der Waals surface area contributed by atoms with Crippen LogP contribution in [0.15, 0.2) is 36.4 Å². The fourth-order valence-electron chi connectivity index (χ4n) is 5.07. The summed E-state index contributed by atoms with van der Waals surface area (Å²) in [6, 6.07) is 10.5. The smallest absolute Gasteiger partial charge is 0.174 e. The van der Waals surface area contributed by atoms with Crippen molar-refractivity contribution in [1.82, 2.24) is 0 Å². The Labute approximate surface area is 167 Å². The highest BCUT2D eigenvalue weighted by molar-refractivity contribution is 5.46. The molecular weight excluding hydrogens is 350 g/mol. The fourth-order valence-corrected chi connectivity index (χ4v) is 5.07. The van der Waals surface area contributed by atoms with Gasteiger partial charge in [-0.05, 0) is 85.3 Å². The van der Waals surface area contributed by atoms with Crippen molar-refractivity contribution in [2.24, 2.45) is 17.8 Å². The van der Waals surface area contributed by atoms with Crippen molar-refractivity contribution < 1.29 is 8.78 Å². The molecule has 0 spiro atoms. The van der Waals surface area contributed by atoms with E-state index in [1.807, 2.05) is 6.07 Å². The van der Waals surface area contributed by atoms with E-state index in [-0.39, 0.29) is 5.56 Å². The van der Waals surface area contributed by atoms with Crippen LogP contribution in [0.5, 0.6) is 0 Å². The maximum absolute atomic E-state index is 13.8. The molecule has 1 unspecified atom stereocenters. The Morgan fingerprint density at radius 2 is 1.71 bits per heavy atom. The van der Waals surface area contributed by atoms with Gasteiger partial charge < -0.3 is 0 Å². The lowest BCUT2D eigenvalue weighted by atomic mass is 9.69. The number of aryl methyl sites for hydroxylation is 1. The number of hydrogen-bond donors (Lipinski definition) is 0. The van der Waals surface area contributed by atoms with Crippen molar-refractivity contribution in [3.05, 3.63) is 70.3 Å². The summed E-state index contributed by atoms with van der Waals surface area (Å²) in [7, 11) is 0. The van der Waals surface area contributed by atoms with E-state index in [0.29, 0.717) is 0 Å². The first kappa shape index (κ1) is 19.2. The van der Waals surface area contributed by atoms with Gasteiger partial charge in [0.05, 0.1) is 5.56 Å². The van der Waals surface area contributed by atoms with Crippen molar-refractivity contribution >= 4 is 0 Å². The molecule has 146 valence electrons. The maximum Gasteiger partial charge on any atom is 0.174 e. The molecule has 0 amide bonds. The Morgan fingerprint density at radius 3 is 2.50 bits per heavy atom. The van der Waals surface area contributed by atoms with E-state index in [1.54, 1.807) is 0 Å². The number of halogens is 2. The zero-order chi connectivity index (χ0) is 19.5. The molecule has 28 heavy (non-hydrogen) atoms. The van der Waals surface area contributed by atoms with Gasteiger partial charge in [-0.2, -0.15) is 0 Å². The van der Waals surface area contributed by atoms with E-state index in [1.165, 1.54) is 68.2 Å². The van der Waals surface area contributed by atoms with Crippen LogP contribution in [0.2, 0.25) is 0 Å². The molecule has 0 radical (unpaired) electrons. The van der Waals surface area contributed by atoms with Crippen molar-refractivity contribution in [3.63, 3.8) is 0 Å². The van der Waals surface area contributed by atoms with Gasteiger partial charge in [0, 0.05) is 5.56 Å². The van der Waals surface area contributed by atoms with Gasteiger partial charge in [0.25, 0.3) is 0 Å². The van der Waals surface area contributed by atoms with E-state index >= 15 is 0 Å². The van der Waals surface area contributed by atoms with Crippen molar-refractivity contribution in [3.8, 4) is 11.8 Å². The summed E-state index contributed by atoms with van der Waals surface area (Å²) in [6.07, 6.45) is 10.5. The quantitative estimate of drug-likeness (QED) is 0.511. The van der Waals surface area contributed by atoms with Crippen LogP contribution in [0, 0.1) is 41.2 Å². The average molecular weight is 379 g/mol. The SMILES string of the molecule is CCC1CCC(C2CCc3cc(C#Cc4cccc(F)c4F)ccc3C2)CC1. The summed E-state index contributed by atoms with van der Waals surface area (Å²) < 4.78 is 27.1. The molecule has 2 aromatic rings. The Hall–Kier alpha value is -2.14. The number of fused-ring (bicyclic) bond motifs is 1. The highest BCUT2D eigenvalue weighted by atomic mass is 19.2. The van der Waals surface area contributed by atoms with Gasteiger partial charge in [-0.3, -0.25) is 0 Å². The van der Waals surface area contributed by atoms with E-state index in [4.69, 9.17) is 0 Å². The van der Waals surface area contributed by atoms with Crippen molar-refractivity contribution in [1.29, 1.82) is 0 Å². The Kier molecular flexibility index (Phi) is 5.81. The molecular formula is C26H28F2. The minimum atomic E-state index is -0.867. The van der Waals surface area contributed by atoms with Crippen LogP contribution in [-0.4, -0.2) is 0 Å². The Morgan fingerprint density at radius 1 is 0.893 bits per heavy atom. The Balaban J connectivity index is 1.45. The number of hydrogen-bond acceptors (Lipinski definition) is 0. The summed E-state index contributed by atoms with van der Waals surface area (Å²) in [4.78, 5) is 0. The lowest BCUT2D eigenvalue weighted by molar-refractivity contribution is 0.187. The van der Waals surface area contributed by atoms with Crippen LogP contribution in [0.25, 0.3) is 0 Å². The summed E-state index contributed by atoms with van der Waals surface area (Å²) >= 11 is 0. The first-order chi connectivity index (χ1) is 13.6. The standard InChI is InChI=1S/C26H28F2/c1-2-18-6-10-20(11-7-18)23-15-14-22-16-19(9-13-24(22)17-23)8-12-21-4-3-5-25(27)26(21)28/h3-5,9,13,16,18,20,23H,2,6-7,10-11,14-15,17H2,1H3. The Bertz CT molecular complexity index is 894. The van der Waals surface area contributed by atoms with Crippen LogP contribution in [0.1, 0.15) is 67.7 Å². The third-order valence-corrected chi connectivity index (χ3v) is 6.90. The van der Waals surface area contributed by atoms with Crippen LogP contribution in [-0.2, 0) is 12.8 Å². The molecule has 2 aromatic carbocycles. The lowest BCUT2D eigenvalue weighted by Gasteiger charge is -2.36. The summed E-state index contributed by atoms with van der Waals surface area (Å²) in [6.45, 7) is 2.32. The van der Waals surface area contributed by atoms with Gasteiger partial charge in [0.2, 0.25) is 0 Å². The van der Waals surface area contributed by atoms with Gasteiger partial charge in [0.1, 0.15) is 0 Å². The monoisotopic (exact) mass is 378 g/mol. The van der Waals surface area contributed by atoms with Crippen molar-refractivity contribution in [2.75, 3.05) is 0 Å². The highest BCUT2D eigenvalue weighted by Gasteiger charge is 2.29. The van der Waals surface area contributed by atoms with E-state index in [2.05, 4.69) is 30.9 Å². The van der Waals surface area contributed by atoms with Crippen LogP contribution in [0.4, 0.5) is 8.78 Å². The molecule has 0 saturated heterocycles. The minimum absolute atomic E-state index is 0.112. The van der Waals surface area contributed by atoms with Gasteiger partial charge >= 0.3 is 0 Å². The van der Waals surface area contributed by atoms with Gasteiger partial charge in [-0.15, -0.1) is 0 Å². The predicted molar refractivity (Wildman–Crippen MR) is 110 cm³/mol. The van der Waals surface area contributed by atoms with Crippen LogP contribution < -0.4 is 0 Å². The maximum atomic E-state index is 13.8. The molecule has 2 aliphatic rings. The third kappa shape index (κ3) is 4.14. The first-order valence-electron chi connectivity index (χ1n) is 10.7. The summed E-state index contributed by atoms with van der Waals surface area (Å²) in [5.41, 5.74) is 3.83. The highest BCUT2D eigenvalue weighted by Crippen LogP contribution is 2.40. The second kappa shape index (κ2) is 8.48. The van der Waals surface area contributed by atoms with Crippen LogP contribution >= 0.6 is 0 Å². The van der Waals surface area contributed by atoms with E-state index in [9.17, 15) is 8.78 Å². The molecule has 1 atom stereocenters. The van der Waals surface area contributed by atoms with Gasteiger partial charge in [-0.25, -0.2) is 8.78 Å². The minimum Gasteiger partial charge on any atom is -0.204 e. The van der Waals surface area contributed by atoms with E-state index in [0.717, 1.165) is 35.8 Å². The normalized spacial score (nSPS) is 24.2. The zero-order valence-electron chi connectivity index (χ0n) is 16.6. The van der Waals surface area contributed by atoms with E-state index < -0.39 is 11.6 Å². The number of rotatable bonds is 2. The van der Waals surface area contributed by atoms with Gasteiger partial charge in [-0.1, -0.05) is 50.2 Å². The third-order valence-electron chi connectivity index (χ3n) is 6.90. The molecule has 0 heterocycles. The molecule has 2 aliphatic carbocycles. The fraction of sp³-hybridized carbons (Fsp3) is 0.462. The van der Waals surface area contributed by atoms with Gasteiger partial charge in [0.15, 0.2) is 11.6 Å². The average Bonchev–Trinajstić information content (AvgIpc) is 2.74. The largest absolute Gasteiger partial charge is 0.204 e. The number of benzene rings is 2. The summed E-state index contributed by atoms with van der Waals surface area (Å²) in [5.74, 6) is 6.74. The molecule has 0 N–H and O–H groups in total. The second-order valence-corrected chi connectivity index (χ2v) is 8.53. The van der Waals surface area contributed by atoms with Crippen molar-refractivity contribution in [2.45, 2.75) is 58.3 Å². The molecule has 0 nitrogen and oxygen atoms in total. The molecule has 1 saturated carbocycles. The topological polar surface area (TPSA) is 0 Å². The predicted octanol–water partition coefficient (Wildman–Crippen LogP) is 6.69. The molecule has 0 aromatic heterocycles. The zero-order valence-corrected chi connectivity index (χ0v) is 16.6.